The molecule has 2 N–H and O–H groups in total. The van der Waals surface area contributed by atoms with Crippen LogP contribution in [0, 0.1) is 10.1 Å². The second kappa shape index (κ2) is 4.74. The molecule has 2 aromatic rings. The van der Waals surface area contributed by atoms with Crippen molar-refractivity contribution in [1.82, 2.24) is 9.59 Å². The summed E-state index contributed by atoms with van der Waals surface area (Å²) in [6.07, 6.45) is 0. The van der Waals surface area contributed by atoms with Gasteiger partial charge < -0.3 is 10.5 Å². The van der Waals surface area contributed by atoms with Crippen LogP contribution in [0.2, 0.25) is 0 Å². The summed E-state index contributed by atoms with van der Waals surface area (Å²) in [7, 11) is 0. The fourth-order valence-corrected chi connectivity index (χ4v) is 1.62. The predicted octanol–water partition coefficient (Wildman–Crippen LogP) is 1.61. The molecule has 0 atom stereocenters. The number of hydrogen-bond donors (Lipinski definition) is 1. The van der Waals surface area contributed by atoms with Crippen molar-refractivity contribution in [2.75, 3.05) is 5.73 Å². The van der Waals surface area contributed by atoms with E-state index in [-0.39, 0.29) is 18.0 Å². The molecule has 8 heteroatoms. The van der Waals surface area contributed by atoms with Crippen LogP contribution in [0.5, 0.6) is 5.75 Å². The Morgan fingerprint density at radius 1 is 1.47 bits per heavy atom. The number of aromatic nitrogens is 2. The number of ether oxygens (including phenoxy) is 1. The van der Waals surface area contributed by atoms with E-state index in [0.29, 0.717) is 10.7 Å². The summed E-state index contributed by atoms with van der Waals surface area (Å²) in [4.78, 5) is 10.2. The number of nitro groups is 1. The Morgan fingerprint density at radius 2 is 2.24 bits per heavy atom. The summed E-state index contributed by atoms with van der Waals surface area (Å²) in [5.74, 6) is 0.185. The van der Waals surface area contributed by atoms with E-state index in [9.17, 15) is 10.1 Å². The highest BCUT2D eigenvalue weighted by atomic mass is 32.1. The first-order valence-electron chi connectivity index (χ1n) is 4.61. The monoisotopic (exact) mass is 252 g/mol. The summed E-state index contributed by atoms with van der Waals surface area (Å²) < 4.78 is 8.95. The van der Waals surface area contributed by atoms with Crippen LogP contribution in [0.15, 0.2) is 24.3 Å². The highest BCUT2D eigenvalue weighted by Gasteiger charge is 2.14. The fraction of sp³-hybridized carbons (Fsp3) is 0.111. The van der Waals surface area contributed by atoms with Crippen LogP contribution >= 0.6 is 11.5 Å². The van der Waals surface area contributed by atoms with E-state index in [4.69, 9.17) is 10.5 Å². The number of anilines is 1. The number of nitro benzene ring substituents is 1. The summed E-state index contributed by atoms with van der Waals surface area (Å²) in [6, 6.07) is 6.13. The standard InChI is InChI=1S/C9H8N4O3S/c10-9-6(11-12-17-9)5-16-8-4-2-1-3-7(8)13(14)15/h1-4H,5,10H2. The van der Waals surface area contributed by atoms with E-state index in [0.717, 1.165) is 11.5 Å². The second-order valence-electron chi connectivity index (χ2n) is 3.10. The molecule has 0 aliphatic heterocycles. The molecule has 0 saturated carbocycles. The minimum atomic E-state index is -0.502. The third-order valence-corrected chi connectivity index (χ3v) is 2.61. The van der Waals surface area contributed by atoms with Crippen LogP contribution < -0.4 is 10.5 Å². The minimum absolute atomic E-state index is 0.0627. The van der Waals surface area contributed by atoms with Gasteiger partial charge in [0, 0.05) is 17.6 Å². The van der Waals surface area contributed by atoms with Crippen LogP contribution in [0.4, 0.5) is 10.7 Å². The van der Waals surface area contributed by atoms with Gasteiger partial charge in [0.15, 0.2) is 5.75 Å². The Kier molecular flexibility index (Phi) is 3.15. The molecule has 0 aliphatic carbocycles. The normalized spacial score (nSPS) is 10.1. The molecule has 1 aromatic carbocycles. The Labute approximate surface area is 100 Å². The van der Waals surface area contributed by atoms with Gasteiger partial charge >= 0.3 is 5.69 Å². The van der Waals surface area contributed by atoms with Gasteiger partial charge in [0.25, 0.3) is 0 Å². The summed E-state index contributed by atoms with van der Waals surface area (Å²) in [5, 5.41) is 14.9. The highest BCUT2D eigenvalue weighted by Crippen LogP contribution is 2.27. The van der Waals surface area contributed by atoms with Crippen LogP contribution in [-0.2, 0) is 6.61 Å². The highest BCUT2D eigenvalue weighted by molar-refractivity contribution is 7.09. The minimum Gasteiger partial charge on any atom is -0.480 e. The average Bonchev–Trinajstić information content (AvgIpc) is 2.72. The van der Waals surface area contributed by atoms with E-state index in [1.54, 1.807) is 12.1 Å². The van der Waals surface area contributed by atoms with Gasteiger partial charge in [-0.2, -0.15) is 0 Å². The molecule has 0 radical (unpaired) electrons. The molecular formula is C9H8N4O3S. The fourth-order valence-electron chi connectivity index (χ4n) is 1.19. The number of benzene rings is 1. The van der Waals surface area contributed by atoms with Crippen molar-refractivity contribution in [3.05, 3.63) is 40.1 Å². The Bertz CT molecular complexity index is 543. The van der Waals surface area contributed by atoms with E-state index >= 15 is 0 Å². The lowest BCUT2D eigenvalue weighted by molar-refractivity contribution is -0.385. The second-order valence-corrected chi connectivity index (χ2v) is 3.88. The molecule has 0 bridgehead atoms. The van der Waals surface area contributed by atoms with E-state index in [1.807, 2.05) is 0 Å². The van der Waals surface area contributed by atoms with Crippen molar-refractivity contribution in [3.63, 3.8) is 0 Å². The van der Waals surface area contributed by atoms with E-state index in [1.165, 1.54) is 12.1 Å². The largest absolute Gasteiger partial charge is 0.480 e. The van der Waals surface area contributed by atoms with Crippen molar-refractivity contribution < 1.29 is 9.66 Å². The van der Waals surface area contributed by atoms with Crippen molar-refractivity contribution in [1.29, 1.82) is 0 Å². The molecule has 1 aromatic heterocycles. The predicted molar refractivity (Wildman–Crippen MR) is 61.7 cm³/mol. The first-order chi connectivity index (χ1) is 8.18. The van der Waals surface area contributed by atoms with Crippen LogP contribution in [0.3, 0.4) is 0 Å². The van der Waals surface area contributed by atoms with Gasteiger partial charge in [0.1, 0.15) is 17.3 Å². The molecule has 0 amide bonds. The Morgan fingerprint density at radius 3 is 2.88 bits per heavy atom. The molecule has 0 spiro atoms. The van der Waals surface area contributed by atoms with Gasteiger partial charge in [-0.3, -0.25) is 10.1 Å². The van der Waals surface area contributed by atoms with Crippen molar-refractivity contribution >= 4 is 22.2 Å². The molecule has 88 valence electrons. The molecule has 0 saturated heterocycles. The van der Waals surface area contributed by atoms with E-state index < -0.39 is 4.92 Å². The van der Waals surface area contributed by atoms with E-state index in [2.05, 4.69) is 9.59 Å². The van der Waals surface area contributed by atoms with Crippen molar-refractivity contribution in [2.45, 2.75) is 6.61 Å². The third-order valence-electron chi connectivity index (χ3n) is 2.01. The number of nitrogens with two attached hydrogens (primary N) is 1. The van der Waals surface area contributed by atoms with Gasteiger partial charge in [-0.1, -0.05) is 16.6 Å². The van der Waals surface area contributed by atoms with Gasteiger partial charge in [-0.15, -0.1) is 5.10 Å². The number of nitrogens with zero attached hydrogens (tertiary/aromatic N) is 3. The van der Waals surface area contributed by atoms with Crippen molar-refractivity contribution in [2.24, 2.45) is 0 Å². The Balaban J connectivity index is 2.14. The zero-order chi connectivity index (χ0) is 12.3. The molecule has 2 rings (SSSR count). The summed E-state index contributed by atoms with van der Waals surface area (Å²) in [5.41, 5.74) is 5.97. The third kappa shape index (κ3) is 2.48. The molecule has 7 nitrogen and oxygen atoms in total. The maximum atomic E-state index is 10.7. The molecule has 1 heterocycles. The molecule has 0 fully saturated rings. The topological polar surface area (TPSA) is 104 Å². The lowest BCUT2D eigenvalue weighted by Crippen LogP contribution is -2.01. The number of hydrogen-bond acceptors (Lipinski definition) is 7. The summed E-state index contributed by atoms with van der Waals surface area (Å²) >= 11 is 1.05. The molecule has 0 aliphatic rings. The zero-order valence-corrected chi connectivity index (χ0v) is 9.38. The quantitative estimate of drug-likeness (QED) is 0.654. The van der Waals surface area contributed by atoms with Crippen LogP contribution in [0.25, 0.3) is 0 Å². The molecule has 17 heavy (non-hydrogen) atoms. The zero-order valence-electron chi connectivity index (χ0n) is 8.57. The Hall–Kier alpha value is -2.22. The van der Waals surface area contributed by atoms with Gasteiger partial charge in [0.2, 0.25) is 0 Å². The lowest BCUT2D eigenvalue weighted by atomic mass is 10.3. The molecule has 0 unspecified atom stereocenters. The first kappa shape index (κ1) is 11.3. The maximum Gasteiger partial charge on any atom is 0.310 e. The van der Waals surface area contributed by atoms with Crippen LogP contribution in [-0.4, -0.2) is 14.5 Å². The number of nitrogen functional groups attached to an aromatic ring is 1. The average molecular weight is 252 g/mol. The van der Waals surface area contributed by atoms with Gasteiger partial charge in [0.05, 0.1) is 4.92 Å². The first-order valence-corrected chi connectivity index (χ1v) is 5.38. The number of rotatable bonds is 4. The smallest absolute Gasteiger partial charge is 0.310 e. The molecular weight excluding hydrogens is 244 g/mol. The SMILES string of the molecule is Nc1snnc1COc1ccccc1[N+](=O)[O-]. The number of para-hydroxylation sites is 2. The van der Waals surface area contributed by atoms with Crippen molar-refractivity contribution in [3.8, 4) is 5.75 Å². The van der Waals surface area contributed by atoms with Gasteiger partial charge in [-0.05, 0) is 6.07 Å². The van der Waals surface area contributed by atoms with Crippen LogP contribution in [0.1, 0.15) is 5.69 Å². The van der Waals surface area contributed by atoms with Gasteiger partial charge in [-0.25, -0.2) is 0 Å². The lowest BCUT2D eigenvalue weighted by Gasteiger charge is -2.04. The maximum absolute atomic E-state index is 10.7. The summed E-state index contributed by atoms with van der Waals surface area (Å²) in [6.45, 7) is 0.0627.